The van der Waals surface area contributed by atoms with Gasteiger partial charge in [0.25, 0.3) is 0 Å². The van der Waals surface area contributed by atoms with Crippen LogP contribution >= 0.6 is 0 Å². The highest BCUT2D eigenvalue weighted by atomic mass is 16.3. The smallest absolute Gasteiger partial charge is 0.222 e. The molecule has 1 saturated heterocycles. The monoisotopic (exact) mass is 358 g/mol. The molecule has 1 N–H and O–H groups in total. The number of aliphatic hydroxyl groups is 1. The first kappa shape index (κ1) is 20.2. The van der Waals surface area contributed by atoms with Crippen molar-refractivity contribution >= 4 is 17.9 Å². The zero-order valence-electron chi connectivity index (χ0n) is 16.2. The van der Waals surface area contributed by atoms with E-state index in [0.29, 0.717) is 19.5 Å². The minimum Gasteiger partial charge on any atom is -0.394 e. The van der Waals surface area contributed by atoms with Gasteiger partial charge in [0, 0.05) is 32.4 Å². The number of aliphatic hydroxyl groups excluding tert-OH is 1. The molecule has 0 aromatic heterocycles. The predicted octanol–water partition coefficient (Wildman–Crippen LogP) is 2.65. The zero-order valence-corrected chi connectivity index (χ0v) is 16.2. The van der Waals surface area contributed by atoms with E-state index in [1.54, 1.807) is 9.80 Å². The summed E-state index contributed by atoms with van der Waals surface area (Å²) in [5, 5.41) is 9.85. The Morgan fingerprint density at radius 2 is 1.85 bits per heavy atom. The maximum absolute atomic E-state index is 12.2. The first-order chi connectivity index (χ1) is 12.5. The normalized spacial score (nSPS) is 22.3. The van der Waals surface area contributed by atoms with Gasteiger partial charge in [-0.2, -0.15) is 0 Å². The second kappa shape index (κ2) is 8.99. The molecular weight excluding hydrogens is 328 g/mol. The first-order valence-electron chi connectivity index (χ1n) is 9.38. The van der Waals surface area contributed by atoms with Crippen LogP contribution in [-0.4, -0.2) is 58.5 Å². The highest BCUT2D eigenvalue weighted by molar-refractivity contribution is 5.77. The molecule has 1 fully saturated rings. The summed E-state index contributed by atoms with van der Waals surface area (Å²) >= 11 is 0. The van der Waals surface area contributed by atoms with E-state index in [-0.39, 0.29) is 36.4 Å². The Labute approximate surface area is 156 Å². The highest BCUT2D eigenvalue weighted by Gasteiger charge is 2.50. The van der Waals surface area contributed by atoms with Gasteiger partial charge in [-0.05, 0) is 25.0 Å². The van der Waals surface area contributed by atoms with Gasteiger partial charge in [0.2, 0.25) is 11.8 Å². The number of amides is 2. The zero-order chi connectivity index (χ0) is 19.3. The fraction of sp³-hybridized carbons (Fsp3) is 0.524. The third-order valence-corrected chi connectivity index (χ3v) is 5.22. The molecule has 1 heterocycles. The summed E-state index contributed by atoms with van der Waals surface area (Å²) in [6.07, 6.45) is 4.48. The predicted molar refractivity (Wildman–Crippen MR) is 104 cm³/mol. The number of carbonyl (C=O) groups is 2. The molecule has 1 aromatic carbocycles. The fourth-order valence-corrected chi connectivity index (χ4v) is 3.94. The van der Waals surface area contributed by atoms with Crippen LogP contribution in [0.2, 0.25) is 0 Å². The van der Waals surface area contributed by atoms with Crippen molar-refractivity contribution in [3.8, 4) is 0 Å². The van der Waals surface area contributed by atoms with Crippen molar-refractivity contribution in [2.75, 3.05) is 19.7 Å². The first-order valence-corrected chi connectivity index (χ1v) is 9.38. The van der Waals surface area contributed by atoms with Gasteiger partial charge in [-0.15, -0.1) is 0 Å². The van der Waals surface area contributed by atoms with E-state index in [4.69, 9.17) is 0 Å². The SMILES string of the molecule is C/C=C/c1ccc([C@@H]2[C@@H](CO)N(C(C)=O)[C@H]2CN(CC)C(=O)CC)cc1. The molecule has 0 spiro atoms. The van der Waals surface area contributed by atoms with Crippen LogP contribution in [0.4, 0.5) is 0 Å². The maximum atomic E-state index is 12.2. The molecule has 2 amide bonds. The maximum Gasteiger partial charge on any atom is 0.222 e. The average Bonchev–Trinajstić information content (AvgIpc) is 2.62. The number of allylic oxidation sites excluding steroid dienone is 1. The standard InChI is InChI=1S/C21H30N2O3/c1-5-8-16-9-11-17(12-10-16)21-18(13-22(7-3)20(26)6-2)23(15(4)25)19(21)14-24/h5,8-12,18-19,21,24H,6-7,13-14H2,1-4H3/b8-5+/t18-,19+,21-/m0/s1. The van der Waals surface area contributed by atoms with Crippen LogP contribution in [0.15, 0.2) is 30.3 Å². The van der Waals surface area contributed by atoms with Crippen molar-refractivity contribution in [1.82, 2.24) is 9.80 Å². The Balaban J connectivity index is 2.30. The Hall–Kier alpha value is -2.14. The van der Waals surface area contributed by atoms with Crippen LogP contribution in [-0.2, 0) is 9.59 Å². The van der Waals surface area contributed by atoms with Gasteiger partial charge in [-0.25, -0.2) is 0 Å². The Morgan fingerprint density at radius 3 is 2.31 bits per heavy atom. The molecule has 0 unspecified atom stereocenters. The third-order valence-electron chi connectivity index (χ3n) is 5.22. The molecule has 3 atom stereocenters. The van der Waals surface area contributed by atoms with Crippen molar-refractivity contribution in [1.29, 1.82) is 0 Å². The molecule has 5 heteroatoms. The molecular formula is C21H30N2O3. The summed E-state index contributed by atoms with van der Waals surface area (Å²) < 4.78 is 0. The summed E-state index contributed by atoms with van der Waals surface area (Å²) in [6.45, 7) is 8.35. The highest BCUT2D eigenvalue weighted by Crippen LogP contribution is 2.41. The number of hydrogen-bond donors (Lipinski definition) is 1. The number of carbonyl (C=O) groups excluding carboxylic acids is 2. The second-order valence-corrected chi connectivity index (χ2v) is 6.72. The van der Waals surface area contributed by atoms with Gasteiger partial charge in [0.05, 0.1) is 18.7 Å². The molecule has 142 valence electrons. The summed E-state index contributed by atoms with van der Waals surface area (Å²) in [5.41, 5.74) is 2.22. The Kier molecular flexibility index (Phi) is 6.98. The lowest BCUT2D eigenvalue weighted by molar-refractivity contribution is -0.152. The van der Waals surface area contributed by atoms with Crippen molar-refractivity contribution in [3.05, 3.63) is 41.5 Å². The molecule has 0 aliphatic carbocycles. The van der Waals surface area contributed by atoms with E-state index in [1.165, 1.54) is 6.92 Å². The minimum absolute atomic E-state index is 0.0299. The quantitative estimate of drug-likeness (QED) is 0.815. The lowest BCUT2D eigenvalue weighted by Gasteiger charge is -2.55. The summed E-state index contributed by atoms with van der Waals surface area (Å²) in [6, 6.07) is 7.88. The van der Waals surface area contributed by atoms with Crippen LogP contribution in [0, 0.1) is 0 Å². The van der Waals surface area contributed by atoms with Crippen molar-refractivity contribution in [2.45, 2.75) is 52.1 Å². The number of rotatable bonds is 7. The Bertz CT molecular complexity index is 654. The lowest BCUT2D eigenvalue weighted by atomic mass is 9.74. The van der Waals surface area contributed by atoms with Gasteiger partial charge in [0.1, 0.15) is 0 Å². The van der Waals surface area contributed by atoms with Gasteiger partial charge in [0.15, 0.2) is 0 Å². The van der Waals surface area contributed by atoms with E-state index < -0.39 is 0 Å². The summed E-state index contributed by atoms with van der Waals surface area (Å²) in [5.74, 6) is 0.0590. The van der Waals surface area contributed by atoms with Crippen molar-refractivity contribution < 1.29 is 14.7 Å². The van der Waals surface area contributed by atoms with Crippen LogP contribution in [0.25, 0.3) is 6.08 Å². The molecule has 26 heavy (non-hydrogen) atoms. The molecule has 0 bridgehead atoms. The van der Waals surface area contributed by atoms with Gasteiger partial charge < -0.3 is 14.9 Å². The van der Waals surface area contributed by atoms with Crippen LogP contribution in [0.3, 0.4) is 0 Å². The average molecular weight is 358 g/mol. The van der Waals surface area contributed by atoms with Crippen LogP contribution in [0.1, 0.15) is 51.2 Å². The third kappa shape index (κ3) is 3.98. The van der Waals surface area contributed by atoms with E-state index in [2.05, 4.69) is 12.1 Å². The number of likely N-dealkylation sites (tertiary alicyclic amines) is 1. The van der Waals surface area contributed by atoms with Gasteiger partial charge >= 0.3 is 0 Å². The van der Waals surface area contributed by atoms with Gasteiger partial charge in [-0.1, -0.05) is 43.3 Å². The second-order valence-electron chi connectivity index (χ2n) is 6.72. The summed E-state index contributed by atoms with van der Waals surface area (Å²) in [7, 11) is 0. The van der Waals surface area contributed by atoms with Crippen LogP contribution < -0.4 is 0 Å². The van der Waals surface area contributed by atoms with Gasteiger partial charge in [-0.3, -0.25) is 9.59 Å². The molecule has 5 nitrogen and oxygen atoms in total. The largest absolute Gasteiger partial charge is 0.394 e. The van der Waals surface area contributed by atoms with E-state index in [1.807, 2.05) is 45.1 Å². The van der Waals surface area contributed by atoms with Crippen molar-refractivity contribution in [2.24, 2.45) is 0 Å². The lowest BCUT2D eigenvalue weighted by Crippen LogP contribution is -2.68. The molecule has 1 aliphatic rings. The molecule has 1 aliphatic heterocycles. The molecule has 0 saturated carbocycles. The number of nitrogens with zero attached hydrogens (tertiary/aromatic N) is 2. The topological polar surface area (TPSA) is 60.9 Å². The molecule has 2 rings (SSSR count). The van der Waals surface area contributed by atoms with E-state index in [0.717, 1.165) is 11.1 Å². The molecule has 0 radical (unpaired) electrons. The molecule has 1 aromatic rings. The minimum atomic E-state index is -0.236. The Morgan fingerprint density at radius 1 is 1.19 bits per heavy atom. The van der Waals surface area contributed by atoms with Crippen molar-refractivity contribution in [3.63, 3.8) is 0 Å². The van der Waals surface area contributed by atoms with E-state index in [9.17, 15) is 14.7 Å². The number of hydrogen-bond acceptors (Lipinski definition) is 3. The van der Waals surface area contributed by atoms with Crippen LogP contribution in [0.5, 0.6) is 0 Å². The summed E-state index contributed by atoms with van der Waals surface area (Å²) in [4.78, 5) is 27.8. The fourth-order valence-electron chi connectivity index (χ4n) is 3.94. The number of benzene rings is 1. The number of likely N-dealkylation sites (N-methyl/N-ethyl adjacent to an activating group) is 1. The van der Waals surface area contributed by atoms with E-state index >= 15 is 0 Å².